The topological polar surface area (TPSA) is 66.4 Å². The van der Waals surface area contributed by atoms with Crippen LogP contribution in [-0.2, 0) is 28.9 Å². The van der Waals surface area contributed by atoms with Crippen molar-refractivity contribution in [2.45, 2.75) is 45.1 Å². The first-order valence-corrected chi connectivity index (χ1v) is 6.73. The minimum Gasteiger partial charge on any atom is -0.480 e. The molecule has 0 unspecified atom stereocenters. The highest BCUT2D eigenvalue weighted by Gasteiger charge is 2.18. The molecule has 0 fully saturated rings. The molecular formula is C15H19NO3. The summed E-state index contributed by atoms with van der Waals surface area (Å²) in [5.41, 5.74) is 3.66. The first-order valence-electron chi connectivity index (χ1n) is 6.73. The SMILES string of the molecule is CC[C@H](NC(=O)Cc1ccc2c(c1)CCC2)C(=O)O. The van der Waals surface area contributed by atoms with E-state index in [2.05, 4.69) is 17.4 Å². The number of aryl methyl sites for hydroxylation is 2. The maximum atomic E-state index is 11.8. The van der Waals surface area contributed by atoms with E-state index in [4.69, 9.17) is 5.11 Å². The molecule has 0 aromatic heterocycles. The van der Waals surface area contributed by atoms with Crippen molar-refractivity contribution in [2.24, 2.45) is 0 Å². The molecule has 1 atom stereocenters. The van der Waals surface area contributed by atoms with Crippen LogP contribution in [0.15, 0.2) is 18.2 Å². The Kier molecular flexibility index (Phi) is 4.20. The first kappa shape index (κ1) is 13.6. The van der Waals surface area contributed by atoms with Crippen LogP contribution in [0, 0.1) is 0 Å². The van der Waals surface area contributed by atoms with Crippen molar-refractivity contribution in [3.05, 3.63) is 34.9 Å². The van der Waals surface area contributed by atoms with E-state index in [1.807, 2.05) is 6.07 Å². The maximum Gasteiger partial charge on any atom is 0.326 e. The summed E-state index contributed by atoms with van der Waals surface area (Å²) in [7, 11) is 0. The van der Waals surface area contributed by atoms with Crippen molar-refractivity contribution < 1.29 is 14.7 Å². The highest BCUT2D eigenvalue weighted by molar-refractivity contribution is 5.84. The van der Waals surface area contributed by atoms with Gasteiger partial charge in [-0.1, -0.05) is 25.1 Å². The molecule has 1 aliphatic rings. The van der Waals surface area contributed by atoms with E-state index in [0.717, 1.165) is 18.4 Å². The van der Waals surface area contributed by atoms with Crippen molar-refractivity contribution in [2.75, 3.05) is 0 Å². The van der Waals surface area contributed by atoms with Gasteiger partial charge in [0.2, 0.25) is 5.91 Å². The smallest absolute Gasteiger partial charge is 0.326 e. The summed E-state index contributed by atoms with van der Waals surface area (Å²) >= 11 is 0. The van der Waals surface area contributed by atoms with Crippen molar-refractivity contribution in [1.82, 2.24) is 5.32 Å². The Morgan fingerprint density at radius 1 is 1.32 bits per heavy atom. The molecule has 0 aliphatic heterocycles. The van der Waals surface area contributed by atoms with Crippen LogP contribution in [0.1, 0.15) is 36.5 Å². The van der Waals surface area contributed by atoms with Crippen molar-refractivity contribution in [3.8, 4) is 0 Å². The van der Waals surface area contributed by atoms with Gasteiger partial charge in [-0.2, -0.15) is 0 Å². The molecule has 1 aromatic rings. The van der Waals surface area contributed by atoms with Crippen LogP contribution in [0.4, 0.5) is 0 Å². The number of rotatable bonds is 5. The highest BCUT2D eigenvalue weighted by Crippen LogP contribution is 2.22. The number of carbonyl (C=O) groups is 2. The van der Waals surface area contributed by atoms with E-state index >= 15 is 0 Å². The number of amides is 1. The largest absolute Gasteiger partial charge is 0.480 e. The molecule has 2 N–H and O–H groups in total. The van der Waals surface area contributed by atoms with Gasteiger partial charge in [0.05, 0.1) is 6.42 Å². The van der Waals surface area contributed by atoms with Crippen molar-refractivity contribution in [3.63, 3.8) is 0 Å². The van der Waals surface area contributed by atoms with Crippen LogP contribution in [0.25, 0.3) is 0 Å². The fourth-order valence-electron chi connectivity index (χ4n) is 2.50. The summed E-state index contributed by atoms with van der Waals surface area (Å²) < 4.78 is 0. The summed E-state index contributed by atoms with van der Waals surface area (Å²) in [6.07, 6.45) is 4.03. The third-order valence-electron chi connectivity index (χ3n) is 3.57. The molecule has 19 heavy (non-hydrogen) atoms. The van der Waals surface area contributed by atoms with Gasteiger partial charge in [-0.05, 0) is 42.4 Å². The fraction of sp³-hybridized carbons (Fsp3) is 0.467. The molecule has 0 bridgehead atoms. The first-order chi connectivity index (χ1) is 9.10. The van der Waals surface area contributed by atoms with E-state index in [9.17, 15) is 9.59 Å². The zero-order valence-electron chi connectivity index (χ0n) is 11.1. The number of carbonyl (C=O) groups excluding carboxylic acids is 1. The maximum absolute atomic E-state index is 11.8. The molecule has 0 saturated carbocycles. The quantitative estimate of drug-likeness (QED) is 0.847. The van der Waals surface area contributed by atoms with E-state index in [0.29, 0.717) is 6.42 Å². The second-order valence-corrected chi connectivity index (χ2v) is 5.00. The standard InChI is InChI=1S/C15H19NO3/c1-2-13(15(18)19)16-14(17)9-10-6-7-11-4-3-5-12(11)8-10/h6-8,13H,2-5,9H2,1H3,(H,16,17)(H,18,19)/t13-/m0/s1. The zero-order chi connectivity index (χ0) is 13.8. The van der Waals surface area contributed by atoms with Gasteiger partial charge >= 0.3 is 5.97 Å². The average molecular weight is 261 g/mol. The lowest BCUT2D eigenvalue weighted by Crippen LogP contribution is -2.40. The number of carboxylic acids is 1. The molecule has 0 saturated heterocycles. The molecule has 4 heteroatoms. The van der Waals surface area contributed by atoms with E-state index in [1.165, 1.54) is 17.5 Å². The Bertz CT molecular complexity index is 496. The predicted octanol–water partition coefficient (Wildman–Crippen LogP) is 1.70. The van der Waals surface area contributed by atoms with Crippen LogP contribution in [0.3, 0.4) is 0 Å². The minimum atomic E-state index is -0.982. The number of hydrogen-bond donors (Lipinski definition) is 2. The molecule has 1 aromatic carbocycles. The Morgan fingerprint density at radius 2 is 2.05 bits per heavy atom. The summed E-state index contributed by atoms with van der Waals surface area (Å²) in [5.74, 6) is -1.21. The monoisotopic (exact) mass is 261 g/mol. The fourth-order valence-corrected chi connectivity index (χ4v) is 2.50. The third kappa shape index (κ3) is 3.34. The number of carboxylic acid groups (broad SMARTS) is 1. The zero-order valence-corrected chi connectivity index (χ0v) is 11.1. The highest BCUT2D eigenvalue weighted by atomic mass is 16.4. The molecule has 0 heterocycles. The summed E-state index contributed by atoms with van der Waals surface area (Å²) in [6, 6.07) is 5.33. The van der Waals surface area contributed by atoms with E-state index in [-0.39, 0.29) is 12.3 Å². The van der Waals surface area contributed by atoms with Crippen molar-refractivity contribution in [1.29, 1.82) is 0 Å². The molecule has 0 radical (unpaired) electrons. The molecular weight excluding hydrogens is 242 g/mol. The van der Waals surface area contributed by atoms with Crippen LogP contribution < -0.4 is 5.32 Å². The van der Waals surface area contributed by atoms with Gasteiger partial charge in [-0.15, -0.1) is 0 Å². The van der Waals surface area contributed by atoms with Gasteiger partial charge in [0.25, 0.3) is 0 Å². The van der Waals surface area contributed by atoms with Gasteiger partial charge in [-0.3, -0.25) is 4.79 Å². The van der Waals surface area contributed by atoms with Crippen LogP contribution in [-0.4, -0.2) is 23.0 Å². The average Bonchev–Trinajstić information content (AvgIpc) is 2.82. The van der Waals surface area contributed by atoms with Gasteiger partial charge in [0.1, 0.15) is 6.04 Å². The molecule has 2 rings (SSSR count). The van der Waals surface area contributed by atoms with Crippen LogP contribution in [0.2, 0.25) is 0 Å². The second-order valence-electron chi connectivity index (χ2n) is 5.00. The number of aliphatic carboxylic acids is 1. The number of benzene rings is 1. The normalized spacial score (nSPS) is 14.8. The van der Waals surface area contributed by atoms with Gasteiger partial charge < -0.3 is 10.4 Å². The Balaban J connectivity index is 1.97. The number of fused-ring (bicyclic) bond motifs is 1. The lowest BCUT2D eigenvalue weighted by atomic mass is 10.0. The Hall–Kier alpha value is -1.84. The number of hydrogen-bond acceptors (Lipinski definition) is 2. The lowest BCUT2D eigenvalue weighted by molar-refractivity contribution is -0.141. The summed E-state index contributed by atoms with van der Waals surface area (Å²) in [4.78, 5) is 22.7. The molecule has 1 aliphatic carbocycles. The van der Waals surface area contributed by atoms with E-state index in [1.54, 1.807) is 6.92 Å². The summed E-state index contributed by atoms with van der Waals surface area (Å²) in [6.45, 7) is 1.74. The minimum absolute atomic E-state index is 0.229. The van der Waals surface area contributed by atoms with Crippen LogP contribution in [0.5, 0.6) is 0 Å². The van der Waals surface area contributed by atoms with Crippen LogP contribution >= 0.6 is 0 Å². The molecule has 102 valence electrons. The Labute approximate surface area is 112 Å². The van der Waals surface area contributed by atoms with Crippen molar-refractivity contribution >= 4 is 11.9 Å². The Morgan fingerprint density at radius 3 is 2.74 bits per heavy atom. The van der Waals surface area contributed by atoms with E-state index < -0.39 is 12.0 Å². The molecule has 4 nitrogen and oxygen atoms in total. The predicted molar refractivity (Wildman–Crippen MR) is 72.0 cm³/mol. The van der Waals surface area contributed by atoms with Gasteiger partial charge in [-0.25, -0.2) is 4.79 Å². The third-order valence-corrected chi connectivity index (χ3v) is 3.57. The molecule has 0 spiro atoms. The van der Waals surface area contributed by atoms with Gasteiger partial charge in [0.15, 0.2) is 0 Å². The van der Waals surface area contributed by atoms with Gasteiger partial charge in [0, 0.05) is 0 Å². The number of nitrogens with one attached hydrogen (secondary N) is 1. The lowest BCUT2D eigenvalue weighted by Gasteiger charge is -2.12. The summed E-state index contributed by atoms with van der Waals surface area (Å²) in [5, 5.41) is 11.4. The second kappa shape index (κ2) is 5.87. The molecule has 1 amide bonds.